The molecule has 0 unspecified atom stereocenters. The average Bonchev–Trinajstić information content (AvgIpc) is 0.722. The first-order valence-electron chi connectivity index (χ1n) is 0.894. The molecule has 0 fully saturated rings. The molecular formula is H5ErNaO4Si. The summed E-state index contributed by atoms with van der Waals surface area (Å²) < 4.78 is 0. The monoisotopic (exact) mass is 286 g/mol. The van der Waals surface area contributed by atoms with Crippen molar-refractivity contribution < 1.29 is 87.5 Å². The van der Waals surface area contributed by atoms with Crippen molar-refractivity contribution >= 4 is 9.05 Å². The second-order valence-corrected chi connectivity index (χ2v) is 1.80. The van der Waals surface area contributed by atoms with Crippen LogP contribution in [0.2, 0.25) is 0 Å². The fourth-order valence-corrected chi connectivity index (χ4v) is 0. The zero-order chi connectivity index (χ0) is 4.50. The summed E-state index contributed by atoms with van der Waals surface area (Å²) in [6, 6.07) is 0. The van der Waals surface area contributed by atoms with Gasteiger partial charge in [0.2, 0.25) is 0 Å². The van der Waals surface area contributed by atoms with E-state index in [0.29, 0.717) is 0 Å². The summed E-state index contributed by atoms with van der Waals surface area (Å²) in [4.78, 5) is 29.3. The normalized spacial score (nSPS) is 8.57. The van der Waals surface area contributed by atoms with Crippen molar-refractivity contribution in [2.24, 2.45) is 0 Å². The Morgan fingerprint density at radius 1 is 1.00 bits per heavy atom. The minimum Gasteiger partial charge on any atom is -1.00 e. The van der Waals surface area contributed by atoms with E-state index >= 15 is 0 Å². The van der Waals surface area contributed by atoms with E-state index in [0.717, 1.165) is 0 Å². The van der Waals surface area contributed by atoms with Gasteiger partial charge < -0.3 is 20.6 Å². The maximum atomic E-state index is 7.33. The molecule has 0 aliphatic rings. The molecule has 46 valence electrons. The Kier molecular flexibility index (Phi) is 14.8. The minimum atomic E-state index is -4.61. The Labute approximate surface area is 95.0 Å². The Bertz CT molecular complexity index is 31.5. The molecule has 7 heteroatoms. The van der Waals surface area contributed by atoms with Crippen molar-refractivity contribution in [1.29, 1.82) is 0 Å². The van der Waals surface area contributed by atoms with Crippen LogP contribution in [0.1, 0.15) is 1.43 Å². The van der Waals surface area contributed by atoms with Crippen molar-refractivity contribution in [2.75, 3.05) is 0 Å². The van der Waals surface area contributed by atoms with Gasteiger partial charge in [-0.2, -0.15) is 0 Å². The molecule has 0 aromatic carbocycles. The van der Waals surface area contributed by atoms with Gasteiger partial charge in [-0.05, 0) is 0 Å². The van der Waals surface area contributed by atoms with Crippen LogP contribution in [0.4, 0.5) is 0 Å². The second kappa shape index (κ2) is 6.42. The molecule has 0 rings (SSSR count). The van der Waals surface area contributed by atoms with E-state index in [-0.39, 0.29) is 68.3 Å². The standard InChI is InChI=1S/Er.Na.H4O4Si.H/c;;1-5(2,3)4;/h;;1-4H;/q;+1;;-1. The summed E-state index contributed by atoms with van der Waals surface area (Å²) in [7, 11) is -4.61. The molecule has 0 atom stereocenters. The minimum absolute atomic E-state index is 0. The smallest absolute Gasteiger partial charge is 1.00 e. The molecule has 0 heterocycles. The maximum absolute atomic E-state index is 7.33. The van der Waals surface area contributed by atoms with Gasteiger partial charge in [0.25, 0.3) is 0 Å². The van der Waals surface area contributed by atoms with E-state index in [1.54, 1.807) is 0 Å². The van der Waals surface area contributed by atoms with Crippen LogP contribution in [0.5, 0.6) is 0 Å². The molecule has 0 aliphatic heterocycles. The van der Waals surface area contributed by atoms with Gasteiger partial charge in [0.1, 0.15) is 0 Å². The van der Waals surface area contributed by atoms with Gasteiger partial charge in [-0.1, -0.05) is 0 Å². The van der Waals surface area contributed by atoms with Crippen LogP contribution in [0, 0.1) is 37.3 Å². The third kappa shape index (κ3) is 62.2. The summed E-state index contributed by atoms with van der Waals surface area (Å²) in [6.45, 7) is 0. The largest absolute Gasteiger partial charge is 1.00 e. The van der Waals surface area contributed by atoms with E-state index in [4.69, 9.17) is 19.2 Å². The van der Waals surface area contributed by atoms with E-state index in [9.17, 15) is 0 Å². The molecule has 0 aromatic heterocycles. The quantitative estimate of drug-likeness (QED) is 0.335. The SMILES string of the molecule is O[Si](O)(O)O.[Er].[H-].[Na+]. The molecule has 0 aromatic rings. The Balaban J connectivity index is -0.0000000267. The first kappa shape index (κ1) is 16.1. The summed E-state index contributed by atoms with van der Waals surface area (Å²) in [5, 5.41) is 0. The van der Waals surface area contributed by atoms with Gasteiger partial charge in [0.05, 0.1) is 0 Å². The van der Waals surface area contributed by atoms with Gasteiger partial charge >= 0.3 is 38.6 Å². The number of hydrogen-bond donors (Lipinski definition) is 4. The summed E-state index contributed by atoms with van der Waals surface area (Å²) in [5.74, 6) is 0. The first-order chi connectivity index (χ1) is 2.00. The first-order valence-corrected chi connectivity index (χ1v) is 2.68. The molecule has 0 spiro atoms. The molecule has 0 radical (unpaired) electrons. The fraction of sp³-hybridized carbons (Fsp3) is 0. The molecule has 0 saturated carbocycles. The molecule has 7 heavy (non-hydrogen) atoms. The third-order valence-electron chi connectivity index (χ3n) is 0. The van der Waals surface area contributed by atoms with Crippen LogP contribution >= 0.6 is 0 Å². The molecule has 4 N–H and O–H groups in total. The summed E-state index contributed by atoms with van der Waals surface area (Å²) in [6.07, 6.45) is 0. The van der Waals surface area contributed by atoms with Gasteiger partial charge in [-0.15, -0.1) is 0 Å². The Morgan fingerprint density at radius 3 is 1.00 bits per heavy atom. The van der Waals surface area contributed by atoms with Crippen LogP contribution in [0.25, 0.3) is 0 Å². The van der Waals surface area contributed by atoms with Crippen molar-refractivity contribution in [1.82, 2.24) is 0 Å². The topological polar surface area (TPSA) is 80.9 Å². The Morgan fingerprint density at radius 2 is 1.00 bits per heavy atom. The zero-order valence-electron chi connectivity index (χ0n) is 4.58. The van der Waals surface area contributed by atoms with Gasteiger partial charge in [0, 0.05) is 37.3 Å². The molecular weight excluding hydrogens is 282 g/mol. The summed E-state index contributed by atoms with van der Waals surface area (Å²) >= 11 is 0. The van der Waals surface area contributed by atoms with E-state index < -0.39 is 9.05 Å². The average molecular weight is 287 g/mol. The van der Waals surface area contributed by atoms with E-state index in [1.807, 2.05) is 0 Å². The van der Waals surface area contributed by atoms with E-state index in [1.165, 1.54) is 0 Å². The van der Waals surface area contributed by atoms with Crippen LogP contribution in [-0.2, 0) is 0 Å². The van der Waals surface area contributed by atoms with Crippen molar-refractivity contribution in [3.05, 3.63) is 0 Å². The molecule has 0 aliphatic carbocycles. The second-order valence-electron chi connectivity index (χ2n) is 0.600. The third-order valence-corrected chi connectivity index (χ3v) is 0. The molecule has 4 nitrogen and oxygen atoms in total. The molecule has 0 bridgehead atoms. The summed E-state index contributed by atoms with van der Waals surface area (Å²) in [5.41, 5.74) is 0. The predicted octanol–water partition coefficient (Wildman–Crippen LogP) is -5.49. The number of hydrogen-bond acceptors (Lipinski definition) is 4. The van der Waals surface area contributed by atoms with Crippen molar-refractivity contribution in [3.8, 4) is 0 Å². The van der Waals surface area contributed by atoms with Gasteiger partial charge in [0.15, 0.2) is 0 Å². The van der Waals surface area contributed by atoms with E-state index in [2.05, 4.69) is 0 Å². The van der Waals surface area contributed by atoms with Gasteiger partial charge in [-0.3, -0.25) is 0 Å². The maximum Gasteiger partial charge on any atom is 1.00 e. The van der Waals surface area contributed by atoms with Crippen LogP contribution in [0.3, 0.4) is 0 Å². The molecule has 0 saturated heterocycles. The number of rotatable bonds is 0. The predicted molar refractivity (Wildman–Crippen MR) is 15.7 cm³/mol. The van der Waals surface area contributed by atoms with Crippen molar-refractivity contribution in [3.63, 3.8) is 0 Å². The van der Waals surface area contributed by atoms with Crippen LogP contribution in [0.15, 0.2) is 0 Å². The van der Waals surface area contributed by atoms with Crippen molar-refractivity contribution in [2.45, 2.75) is 0 Å². The van der Waals surface area contributed by atoms with Crippen LogP contribution < -0.4 is 29.6 Å². The van der Waals surface area contributed by atoms with Crippen LogP contribution in [-0.4, -0.2) is 28.2 Å². The van der Waals surface area contributed by atoms with Gasteiger partial charge in [-0.25, -0.2) is 0 Å². The molecule has 0 amide bonds. The Hall–Kier alpha value is 2.30. The fourth-order valence-electron chi connectivity index (χ4n) is 0. The zero-order valence-corrected chi connectivity index (χ0v) is 8.43.